The second-order valence-electron chi connectivity index (χ2n) is 2.57. The fraction of sp³-hybridized carbons (Fsp3) is 0.714. The Morgan fingerprint density at radius 2 is 2.22 bits per heavy atom. The van der Waals surface area contributed by atoms with Gasteiger partial charge in [0.1, 0.15) is 0 Å². The van der Waals surface area contributed by atoms with Crippen LogP contribution in [0.5, 0.6) is 0 Å². The van der Waals surface area contributed by atoms with Crippen LogP contribution in [0, 0.1) is 10.8 Å². The van der Waals surface area contributed by atoms with Gasteiger partial charge in [-0.15, -0.1) is 4.91 Å². The van der Waals surface area contributed by atoms with Crippen molar-refractivity contribution in [2.45, 2.75) is 27.2 Å². The van der Waals surface area contributed by atoms with Crippen molar-refractivity contribution in [3.05, 3.63) is 16.7 Å². The van der Waals surface area contributed by atoms with Gasteiger partial charge in [-0.1, -0.05) is 19.9 Å². The number of nitrogens with zero attached hydrogens (tertiary/aromatic N) is 1. The molecule has 0 atom stereocenters. The lowest BCUT2D eigenvalue weighted by atomic mass is 10.1. The number of allylic oxidation sites excluding steroid dienone is 2. The monoisotopic (exact) mass is 127 g/mol. The van der Waals surface area contributed by atoms with E-state index in [-0.39, 0.29) is 0 Å². The summed E-state index contributed by atoms with van der Waals surface area (Å²) in [5, 5.41) is 2.77. The van der Waals surface area contributed by atoms with Gasteiger partial charge in [0, 0.05) is 0 Å². The highest BCUT2D eigenvalue weighted by Crippen LogP contribution is 2.03. The van der Waals surface area contributed by atoms with Crippen LogP contribution >= 0.6 is 0 Å². The maximum absolute atomic E-state index is 9.80. The molecule has 0 saturated carbocycles. The zero-order valence-electron chi connectivity index (χ0n) is 6.22. The van der Waals surface area contributed by atoms with Gasteiger partial charge in [0.25, 0.3) is 0 Å². The summed E-state index contributed by atoms with van der Waals surface area (Å²) in [6.45, 7) is 5.93. The van der Waals surface area contributed by atoms with Gasteiger partial charge in [0.15, 0.2) is 0 Å². The molecule has 2 nitrogen and oxygen atoms in total. The average molecular weight is 127 g/mol. The summed E-state index contributed by atoms with van der Waals surface area (Å²) >= 11 is 0. The molecule has 0 aliphatic carbocycles. The summed E-state index contributed by atoms with van der Waals surface area (Å²) in [6.07, 6.45) is 2.80. The van der Waals surface area contributed by atoms with E-state index in [4.69, 9.17) is 0 Å². The lowest BCUT2D eigenvalue weighted by molar-refractivity contribution is 0.660. The van der Waals surface area contributed by atoms with E-state index in [1.54, 1.807) is 6.92 Å². The van der Waals surface area contributed by atoms with Crippen LogP contribution in [0.15, 0.2) is 16.9 Å². The Balaban J connectivity index is 3.56. The molecule has 0 aliphatic rings. The predicted molar refractivity (Wildman–Crippen MR) is 39.0 cm³/mol. The van der Waals surface area contributed by atoms with Gasteiger partial charge in [0.05, 0.1) is 5.70 Å². The first kappa shape index (κ1) is 8.34. The van der Waals surface area contributed by atoms with Gasteiger partial charge < -0.3 is 0 Å². The topological polar surface area (TPSA) is 29.4 Å². The summed E-state index contributed by atoms with van der Waals surface area (Å²) in [7, 11) is 0. The smallest absolute Gasteiger partial charge is 0.0778 e. The summed E-state index contributed by atoms with van der Waals surface area (Å²) in [4.78, 5) is 9.80. The molecule has 2 heteroatoms. The molecule has 0 amide bonds. The van der Waals surface area contributed by atoms with Crippen LogP contribution in [0.1, 0.15) is 27.2 Å². The molecular weight excluding hydrogens is 114 g/mol. The van der Waals surface area contributed by atoms with E-state index in [1.807, 2.05) is 6.08 Å². The molecule has 0 aliphatic heterocycles. The first-order valence-electron chi connectivity index (χ1n) is 3.17. The molecule has 52 valence electrons. The average Bonchev–Trinajstić information content (AvgIpc) is 1.83. The predicted octanol–water partition coefficient (Wildman–Crippen LogP) is 2.70. The summed E-state index contributed by atoms with van der Waals surface area (Å²) < 4.78 is 0. The minimum Gasteiger partial charge on any atom is -0.145 e. The molecule has 0 spiro atoms. The molecule has 0 rings (SSSR count). The van der Waals surface area contributed by atoms with Gasteiger partial charge >= 0.3 is 0 Å². The van der Waals surface area contributed by atoms with Crippen LogP contribution in [0.2, 0.25) is 0 Å². The number of hydrogen-bond acceptors (Lipinski definition) is 2. The molecule has 0 N–H and O–H groups in total. The van der Waals surface area contributed by atoms with Crippen molar-refractivity contribution in [1.29, 1.82) is 0 Å². The second-order valence-corrected chi connectivity index (χ2v) is 2.57. The van der Waals surface area contributed by atoms with E-state index in [1.165, 1.54) is 0 Å². The van der Waals surface area contributed by atoms with Crippen molar-refractivity contribution in [1.82, 2.24) is 0 Å². The van der Waals surface area contributed by atoms with Crippen molar-refractivity contribution in [3.8, 4) is 0 Å². The van der Waals surface area contributed by atoms with Crippen molar-refractivity contribution < 1.29 is 0 Å². The maximum atomic E-state index is 9.80. The quantitative estimate of drug-likeness (QED) is 0.536. The number of nitroso groups, excluding NO2 is 1. The highest BCUT2D eigenvalue weighted by Gasteiger charge is 1.89. The van der Waals surface area contributed by atoms with E-state index in [0.29, 0.717) is 11.6 Å². The van der Waals surface area contributed by atoms with Gasteiger partial charge in [0.2, 0.25) is 0 Å². The maximum Gasteiger partial charge on any atom is 0.0778 e. The largest absolute Gasteiger partial charge is 0.145 e. The molecule has 0 radical (unpaired) electrons. The van der Waals surface area contributed by atoms with E-state index in [9.17, 15) is 4.91 Å². The zero-order valence-corrected chi connectivity index (χ0v) is 6.22. The molecule has 0 bridgehead atoms. The Morgan fingerprint density at radius 1 is 1.67 bits per heavy atom. The minimum atomic E-state index is 0.587. The van der Waals surface area contributed by atoms with Crippen LogP contribution in [0.25, 0.3) is 0 Å². The third-order valence-electron chi connectivity index (χ3n) is 1.03. The Hall–Kier alpha value is -0.660. The third kappa shape index (κ3) is 5.21. The van der Waals surface area contributed by atoms with Crippen LogP contribution in [0.3, 0.4) is 0 Å². The molecule has 0 heterocycles. The first-order chi connectivity index (χ1) is 4.16. The lowest BCUT2D eigenvalue weighted by Crippen LogP contribution is -1.82. The van der Waals surface area contributed by atoms with Crippen LogP contribution in [-0.2, 0) is 0 Å². The lowest BCUT2D eigenvalue weighted by Gasteiger charge is -1.95. The molecule has 0 aromatic carbocycles. The molecular formula is C7H13NO. The third-order valence-corrected chi connectivity index (χ3v) is 1.03. The molecule has 0 aromatic rings. The normalized spacial score (nSPS) is 12.2. The van der Waals surface area contributed by atoms with Crippen molar-refractivity contribution in [2.24, 2.45) is 11.1 Å². The first-order valence-corrected chi connectivity index (χ1v) is 3.17. The minimum absolute atomic E-state index is 0.587. The summed E-state index contributed by atoms with van der Waals surface area (Å²) in [5.41, 5.74) is 0.587. The second kappa shape index (κ2) is 4.24. The van der Waals surface area contributed by atoms with Gasteiger partial charge in [-0.25, -0.2) is 0 Å². The standard InChI is InChI=1S/C7H13NO/c1-6(2)4-5-7(3)8-9/h5-6H,4H2,1-3H3. The fourth-order valence-electron chi connectivity index (χ4n) is 0.444. The molecule has 0 fully saturated rings. The Kier molecular flexibility index (Phi) is 3.93. The Morgan fingerprint density at radius 3 is 2.56 bits per heavy atom. The number of rotatable bonds is 3. The fourth-order valence-corrected chi connectivity index (χ4v) is 0.444. The van der Waals surface area contributed by atoms with Crippen LogP contribution in [-0.4, -0.2) is 0 Å². The Bertz CT molecular complexity index is 116. The summed E-state index contributed by atoms with van der Waals surface area (Å²) in [6, 6.07) is 0. The van der Waals surface area contributed by atoms with Gasteiger partial charge in [-0.05, 0) is 24.4 Å². The zero-order chi connectivity index (χ0) is 7.28. The van der Waals surface area contributed by atoms with Crippen LogP contribution in [0.4, 0.5) is 0 Å². The van der Waals surface area contributed by atoms with Crippen LogP contribution < -0.4 is 0 Å². The summed E-state index contributed by atoms with van der Waals surface area (Å²) in [5.74, 6) is 0.613. The highest BCUT2D eigenvalue weighted by atomic mass is 16.3. The van der Waals surface area contributed by atoms with E-state index < -0.39 is 0 Å². The highest BCUT2D eigenvalue weighted by molar-refractivity contribution is 4.94. The van der Waals surface area contributed by atoms with E-state index in [2.05, 4.69) is 19.0 Å². The van der Waals surface area contributed by atoms with Crippen molar-refractivity contribution in [3.63, 3.8) is 0 Å². The molecule has 9 heavy (non-hydrogen) atoms. The molecule has 0 aromatic heterocycles. The number of hydrogen-bond donors (Lipinski definition) is 0. The SMILES string of the molecule is CC(=CCC(C)C)N=O. The Labute approximate surface area is 55.9 Å². The van der Waals surface area contributed by atoms with Gasteiger partial charge in [-0.3, -0.25) is 0 Å². The van der Waals surface area contributed by atoms with Crippen molar-refractivity contribution >= 4 is 0 Å². The van der Waals surface area contributed by atoms with E-state index >= 15 is 0 Å². The van der Waals surface area contributed by atoms with E-state index in [0.717, 1.165) is 6.42 Å². The molecule has 0 saturated heterocycles. The van der Waals surface area contributed by atoms with Gasteiger partial charge in [-0.2, -0.15) is 0 Å². The molecule has 0 unspecified atom stereocenters. The van der Waals surface area contributed by atoms with Crippen molar-refractivity contribution in [2.75, 3.05) is 0 Å².